The van der Waals surface area contributed by atoms with Crippen LogP contribution in [0.5, 0.6) is 0 Å². The number of nitrogens with one attached hydrogen (secondary N) is 1. The predicted molar refractivity (Wildman–Crippen MR) is 90.2 cm³/mol. The molecule has 21 heavy (non-hydrogen) atoms. The van der Waals surface area contributed by atoms with Crippen molar-refractivity contribution in [1.29, 1.82) is 5.26 Å². The van der Waals surface area contributed by atoms with Gasteiger partial charge in [-0.2, -0.15) is 5.26 Å². The lowest BCUT2D eigenvalue weighted by Gasteiger charge is -2.30. The minimum Gasteiger partial charge on any atom is -0.303 e. The molecule has 0 spiro atoms. The van der Waals surface area contributed by atoms with Crippen LogP contribution in [-0.4, -0.2) is 36.1 Å². The second kappa shape index (κ2) is 8.15. The summed E-state index contributed by atoms with van der Waals surface area (Å²) in [5.74, 6) is 0. The average Bonchev–Trinajstić information content (AvgIpc) is 2.90. The fourth-order valence-corrected chi connectivity index (χ4v) is 3.72. The summed E-state index contributed by atoms with van der Waals surface area (Å²) in [7, 11) is 0. The summed E-state index contributed by atoms with van der Waals surface area (Å²) in [6.07, 6.45) is 6.90. The van der Waals surface area contributed by atoms with Crippen LogP contribution < -0.4 is 5.32 Å². The van der Waals surface area contributed by atoms with Crippen molar-refractivity contribution in [3.05, 3.63) is 0 Å². The Morgan fingerprint density at radius 1 is 1.29 bits per heavy atom. The lowest BCUT2D eigenvalue weighted by Crippen LogP contribution is -2.47. The van der Waals surface area contributed by atoms with E-state index in [0.29, 0.717) is 11.5 Å². The van der Waals surface area contributed by atoms with E-state index in [1.807, 2.05) is 0 Å². The molecule has 0 aromatic rings. The van der Waals surface area contributed by atoms with Gasteiger partial charge in [0.1, 0.15) is 5.54 Å². The Hall–Kier alpha value is -0.590. The molecule has 122 valence electrons. The summed E-state index contributed by atoms with van der Waals surface area (Å²) in [4.78, 5) is 2.61. The third-order valence-corrected chi connectivity index (χ3v) is 5.48. The van der Waals surface area contributed by atoms with Crippen molar-refractivity contribution in [2.24, 2.45) is 5.41 Å². The highest BCUT2D eigenvalue weighted by Gasteiger charge is 2.35. The second-order valence-electron chi connectivity index (χ2n) is 7.18. The maximum atomic E-state index is 9.55. The molecule has 1 rings (SSSR count). The van der Waals surface area contributed by atoms with Gasteiger partial charge in [0.15, 0.2) is 0 Å². The van der Waals surface area contributed by atoms with Crippen LogP contribution in [0.15, 0.2) is 0 Å². The van der Waals surface area contributed by atoms with Crippen molar-refractivity contribution >= 4 is 0 Å². The molecule has 0 saturated carbocycles. The Labute approximate surface area is 132 Å². The molecule has 3 heteroatoms. The summed E-state index contributed by atoms with van der Waals surface area (Å²) in [6.45, 7) is 14.7. The maximum Gasteiger partial charge on any atom is 0.106 e. The molecule has 3 nitrogen and oxygen atoms in total. The SMILES string of the molecule is CCC1(CC)CCN(CCCC(C#N)(CC)NC(C)C)C1. The van der Waals surface area contributed by atoms with Gasteiger partial charge in [-0.25, -0.2) is 0 Å². The summed E-state index contributed by atoms with van der Waals surface area (Å²) in [5.41, 5.74) is 0.230. The van der Waals surface area contributed by atoms with Gasteiger partial charge < -0.3 is 4.90 Å². The molecule has 0 amide bonds. The smallest absolute Gasteiger partial charge is 0.106 e. The normalized spacial score (nSPS) is 21.4. The third-order valence-electron chi connectivity index (χ3n) is 5.48. The fraction of sp³-hybridized carbons (Fsp3) is 0.944. The van der Waals surface area contributed by atoms with Crippen LogP contribution in [0.1, 0.15) is 73.1 Å². The fourth-order valence-electron chi connectivity index (χ4n) is 3.72. The van der Waals surface area contributed by atoms with Crippen LogP contribution in [0.25, 0.3) is 0 Å². The van der Waals surface area contributed by atoms with Crippen LogP contribution in [0.2, 0.25) is 0 Å². The number of nitrogens with zero attached hydrogens (tertiary/aromatic N) is 2. The predicted octanol–water partition coefficient (Wildman–Crippen LogP) is 3.95. The van der Waals surface area contributed by atoms with Gasteiger partial charge in [-0.1, -0.05) is 20.8 Å². The van der Waals surface area contributed by atoms with Crippen molar-refractivity contribution in [3.8, 4) is 6.07 Å². The van der Waals surface area contributed by atoms with Crippen molar-refractivity contribution in [3.63, 3.8) is 0 Å². The third kappa shape index (κ3) is 4.97. The molecule has 0 aliphatic carbocycles. The van der Waals surface area contributed by atoms with Gasteiger partial charge in [0, 0.05) is 12.6 Å². The molecule has 0 aromatic heterocycles. The summed E-state index contributed by atoms with van der Waals surface area (Å²) in [6, 6.07) is 2.90. The summed E-state index contributed by atoms with van der Waals surface area (Å²) in [5, 5.41) is 13.0. The van der Waals surface area contributed by atoms with E-state index in [9.17, 15) is 5.26 Å². The molecular weight excluding hydrogens is 258 g/mol. The van der Waals surface area contributed by atoms with E-state index >= 15 is 0 Å². The molecule has 1 unspecified atom stereocenters. The minimum absolute atomic E-state index is 0.333. The second-order valence-corrected chi connectivity index (χ2v) is 7.18. The van der Waals surface area contributed by atoms with E-state index in [1.165, 1.54) is 32.4 Å². The maximum absolute atomic E-state index is 9.55. The largest absolute Gasteiger partial charge is 0.303 e. The van der Waals surface area contributed by atoms with Crippen molar-refractivity contribution in [2.45, 2.75) is 84.7 Å². The Balaban J connectivity index is 2.44. The Morgan fingerprint density at radius 2 is 1.95 bits per heavy atom. The summed E-state index contributed by atoms with van der Waals surface area (Å²) >= 11 is 0. The molecule has 1 heterocycles. The lowest BCUT2D eigenvalue weighted by molar-refractivity contribution is 0.230. The first kappa shape index (κ1) is 18.5. The molecule has 1 saturated heterocycles. The standard InChI is InChI=1S/C18H35N3/c1-6-17(7-2)11-13-21(15-17)12-9-10-18(8-3,14-19)20-16(4)5/h16,20H,6-13,15H2,1-5H3. The number of hydrogen-bond donors (Lipinski definition) is 1. The molecule has 1 aliphatic heterocycles. The molecule has 1 atom stereocenters. The van der Waals surface area contributed by atoms with Crippen LogP contribution in [0.3, 0.4) is 0 Å². The molecular formula is C18H35N3. The van der Waals surface area contributed by atoms with E-state index in [2.05, 4.69) is 50.9 Å². The highest BCUT2D eigenvalue weighted by atomic mass is 15.2. The molecule has 0 aromatic carbocycles. The van der Waals surface area contributed by atoms with Crippen molar-refractivity contribution in [1.82, 2.24) is 10.2 Å². The topological polar surface area (TPSA) is 39.1 Å². The Bertz CT molecular complexity index is 341. The van der Waals surface area contributed by atoms with Crippen LogP contribution in [0, 0.1) is 16.7 Å². The van der Waals surface area contributed by atoms with Gasteiger partial charge in [-0.05, 0) is 70.9 Å². The van der Waals surface area contributed by atoms with Crippen molar-refractivity contribution in [2.75, 3.05) is 19.6 Å². The van der Waals surface area contributed by atoms with Crippen LogP contribution >= 0.6 is 0 Å². The number of likely N-dealkylation sites (tertiary alicyclic amines) is 1. The minimum atomic E-state index is -0.333. The van der Waals surface area contributed by atoms with Gasteiger partial charge in [0.25, 0.3) is 0 Å². The van der Waals surface area contributed by atoms with Crippen molar-refractivity contribution < 1.29 is 0 Å². The zero-order valence-corrected chi connectivity index (χ0v) is 14.8. The van der Waals surface area contributed by atoms with Crippen LogP contribution in [0.4, 0.5) is 0 Å². The van der Waals surface area contributed by atoms with E-state index in [1.54, 1.807) is 0 Å². The van der Waals surface area contributed by atoms with Gasteiger partial charge in [-0.3, -0.25) is 5.32 Å². The molecule has 1 N–H and O–H groups in total. The van der Waals surface area contributed by atoms with Gasteiger partial charge >= 0.3 is 0 Å². The quantitative estimate of drug-likeness (QED) is 0.699. The van der Waals surface area contributed by atoms with E-state index in [0.717, 1.165) is 25.8 Å². The van der Waals surface area contributed by atoms with Gasteiger partial charge in [0.2, 0.25) is 0 Å². The number of rotatable bonds is 9. The first-order valence-electron chi connectivity index (χ1n) is 8.86. The van der Waals surface area contributed by atoms with E-state index in [4.69, 9.17) is 0 Å². The lowest BCUT2D eigenvalue weighted by atomic mass is 9.82. The monoisotopic (exact) mass is 293 g/mol. The highest BCUT2D eigenvalue weighted by molar-refractivity contribution is 5.07. The zero-order valence-electron chi connectivity index (χ0n) is 14.8. The molecule has 0 radical (unpaired) electrons. The number of hydrogen-bond acceptors (Lipinski definition) is 3. The van der Waals surface area contributed by atoms with Crippen LogP contribution in [-0.2, 0) is 0 Å². The van der Waals surface area contributed by atoms with E-state index in [-0.39, 0.29) is 5.54 Å². The average molecular weight is 293 g/mol. The van der Waals surface area contributed by atoms with Gasteiger partial charge in [0.05, 0.1) is 6.07 Å². The number of nitriles is 1. The first-order chi connectivity index (χ1) is 9.94. The Morgan fingerprint density at radius 3 is 2.38 bits per heavy atom. The molecule has 0 bridgehead atoms. The van der Waals surface area contributed by atoms with Gasteiger partial charge in [-0.15, -0.1) is 0 Å². The Kier molecular flexibility index (Phi) is 7.16. The molecule has 1 aliphatic rings. The van der Waals surface area contributed by atoms with E-state index < -0.39 is 0 Å². The molecule has 1 fully saturated rings. The first-order valence-corrected chi connectivity index (χ1v) is 8.86. The zero-order chi connectivity index (χ0) is 15.9. The highest BCUT2D eigenvalue weighted by Crippen LogP contribution is 2.37. The summed E-state index contributed by atoms with van der Waals surface area (Å²) < 4.78 is 0.